The third kappa shape index (κ3) is 3.93. The standard InChI is InChI=1S/C18H25N3O3/c1-4-6-7-8-9-16(22)19-20-17-14-12-13(24-3)10-11-15(14)21(5-2)18(17)23/h10-12,23H,4-9H2,1-3H3. The Morgan fingerprint density at radius 2 is 2.04 bits per heavy atom. The van der Waals surface area contributed by atoms with Crippen molar-refractivity contribution in [2.24, 2.45) is 10.2 Å². The molecule has 1 aromatic heterocycles. The molecule has 0 atom stereocenters. The number of hydrogen-bond donors (Lipinski definition) is 1. The predicted molar refractivity (Wildman–Crippen MR) is 94.1 cm³/mol. The maximum atomic E-state index is 11.9. The number of fused-ring (bicyclic) bond motifs is 1. The van der Waals surface area contributed by atoms with Crippen molar-refractivity contribution in [3.8, 4) is 11.6 Å². The maximum Gasteiger partial charge on any atom is 0.264 e. The molecular weight excluding hydrogens is 306 g/mol. The van der Waals surface area contributed by atoms with Crippen LogP contribution in [-0.4, -0.2) is 22.7 Å². The van der Waals surface area contributed by atoms with Crippen molar-refractivity contribution in [2.75, 3.05) is 7.11 Å². The van der Waals surface area contributed by atoms with E-state index in [9.17, 15) is 9.90 Å². The van der Waals surface area contributed by atoms with Gasteiger partial charge in [0.15, 0.2) is 5.69 Å². The average molecular weight is 331 g/mol. The number of ether oxygens (including phenoxy) is 1. The number of hydrogen-bond acceptors (Lipinski definition) is 4. The summed E-state index contributed by atoms with van der Waals surface area (Å²) in [6, 6.07) is 5.48. The summed E-state index contributed by atoms with van der Waals surface area (Å²) in [7, 11) is 1.58. The van der Waals surface area contributed by atoms with Crippen LogP contribution < -0.4 is 4.74 Å². The van der Waals surface area contributed by atoms with Gasteiger partial charge >= 0.3 is 0 Å². The molecule has 6 heteroatoms. The van der Waals surface area contributed by atoms with E-state index in [1.807, 2.05) is 19.1 Å². The number of carbonyl (C=O) groups is 1. The highest BCUT2D eigenvalue weighted by Gasteiger charge is 2.16. The average Bonchev–Trinajstić information content (AvgIpc) is 2.86. The van der Waals surface area contributed by atoms with Crippen LogP contribution in [-0.2, 0) is 11.3 Å². The van der Waals surface area contributed by atoms with Gasteiger partial charge in [-0.15, -0.1) is 10.2 Å². The van der Waals surface area contributed by atoms with Crippen molar-refractivity contribution in [1.82, 2.24) is 4.57 Å². The highest BCUT2D eigenvalue weighted by molar-refractivity contribution is 5.96. The lowest BCUT2D eigenvalue weighted by atomic mass is 10.1. The van der Waals surface area contributed by atoms with E-state index in [2.05, 4.69) is 17.2 Å². The van der Waals surface area contributed by atoms with Crippen LogP contribution >= 0.6 is 0 Å². The summed E-state index contributed by atoms with van der Waals surface area (Å²) in [5, 5.41) is 18.9. The lowest BCUT2D eigenvalue weighted by molar-refractivity contribution is -0.118. The van der Waals surface area contributed by atoms with Gasteiger partial charge in [-0.05, 0) is 31.5 Å². The summed E-state index contributed by atoms with van der Waals surface area (Å²) in [5.41, 5.74) is 1.15. The summed E-state index contributed by atoms with van der Waals surface area (Å²) in [4.78, 5) is 11.9. The zero-order valence-corrected chi connectivity index (χ0v) is 14.6. The second-order valence-corrected chi connectivity index (χ2v) is 5.70. The minimum atomic E-state index is -0.259. The lowest BCUT2D eigenvalue weighted by Crippen LogP contribution is -1.92. The Labute approximate surface area is 142 Å². The molecule has 130 valence electrons. The van der Waals surface area contributed by atoms with Crippen LogP contribution in [0.2, 0.25) is 0 Å². The lowest BCUT2D eigenvalue weighted by Gasteiger charge is -2.02. The minimum absolute atomic E-state index is 0.0169. The molecule has 0 unspecified atom stereocenters. The first kappa shape index (κ1) is 18.0. The number of benzene rings is 1. The molecule has 0 fully saturated rings. The molecule has 0 saturated carbocycles. The topological polar surface area (TPSA) is 76.2 Å². The minimum Gasteiger partial charge on any atom is -0.497 e. The number of carbonyl (C=O) groups excluding carboxylic acids is 1. The summed E-state index contributed by atoms with van der Waals surface area (Å²) in [6.07, 6.45) is 4.48. The Morgan fingerprint density at radius 3 is 2.71 bits per heavy atom. The fourth-order valence-electron chi connectivity index (χ4n) is 2.71. The molecule has 0 bridgehead atoms. The Bertz CT molecular complexity index is 735. The van der Waals surface area contributed by atoms with Gasteiger partial charge in [-0.2, -0.15) is 0 Å². The van der Waals surface area contributed by atoms with Gasteiger partial charge in [0.1, 0.15) is 5.75 Å². The number of nitrogens with zero attached hydrogens (tertiary/aromatic N) is 3. The molecular formula is C18H25N3O3. The van der Waals surface area contributed by atoms with E-state index in [-0.39, 0.29) is 11.8 Å². The van der Waals surface area contributed by atoms with Crippen LogP contribution in [0, 0.1) is 0 Å². The zero-order chi connectivity index (χ0) is 17.5. The van der Waals surface area contributed by atoms with E-state index in [0.717, 1.165) is 36.6 Å². The first-order valence-corrected chi connectivity index (χ1v) is 8.46. The Hall–Kier alpha value is -2.37. The normalized spacial score (nSPS) is 11.5. The second-order valence-electron chi connectivity index (χ2n) is 5.70. The van der Waals surface area contributed by atoms with Crippen LogP contribution in [0.4, 0.5) is 5.69 Å². The van der Waals surface area contributed by atoms with Gasteiger partial charge in [-0.25, -0.2) is 0 Å². The molecule has 6 nitrogen and oxygen atoms in total. The Balaban J connectivity index is 2.25. The fraction of sp³-hybridized carbons (Fsp3) is 0.500. The largest absolute Gasteiger partial charge is 0.497 e. The van der Waals surface area contributed by atoms with Gasteiger partial charge in [0, 0.05) is 18.4 Å². The van der Waals surface area contributed by atoms with Gasteiger partial charge in [-0.1, -0.05) is 26.2 Å². The van der Waals surface area contributed by atoms with Crippen molar-refractivity contribution in [1.29, 1.82) is 0 Å². The number of aromatic hydroxyl groups is 1. The number of aryl methyl sites for hydroxylation is 1. The molecule has 0 saturated heterocycles. The van der Waals surface area contributed by atoms with Gasteiger partial charge in [0.05, 0.1) is 12.6 Å². The number of amides is 1. The van der Waals surface area contributed by atoms with Crippen LogP contribution in [0.15, 0.2) is 28.4 Å². The molecule has 1 aromatic carbocycles. The highest BCUT2D eigenvalue weighted by atomic mass is 16.5. The first-order valence-electron chi connectivity index (χ1n) is 8.46. The molecule has 0 spiro atoms. The number of rotatable bonds is 8. The third-order valence-electron chi connectivity index (χ3n) is 4.04. The van der Waals surface area contributed by atoms with E-state index < -0.39 is 0 Å². The van der Waals surface area contributed by atoms with Gasteiger partial charge in [0.25, 0.3) is 5.91 Å². The van der Waals surface area contributed by atoms with Crippen molar-refractivity contribution in [2.45, 2.75) is 52.5 Å². The summed E-state index contributed by atoms with van der Waals surface area (Å²) in [6.45, 7) is 4.65. The van der Waals surface area contributed by atoms with Crippen molar-refractivity contribution in [3.63, 3.8) is 0 Å². The SMILES string of the molecule is CCCCCCC(=O)N=Nc1c(O)n(CC)c2ccc(OC)cc12. The number of methoxy groups -OCH3 is 1. The first-order chi connectivity index (χ1) is 11.6. The summed E-state index contributed by atoms with van der Waals surface area (Å²) >= 11 is 0. The van der Waals surface area contributed by atoms with E-state index >= 15 is 0 Å². The number of aromatic nitrogens is 1. The highest BCUT2D eigenvalue weighted by Crippen LogP contribution is 2.40. The van der Waals surface area contributed by atoms with Gasteiger partial charge in [-0.3, -0.25) is 4.79 Å². The smallest absolute Gasteiger partial charge is 0.264 e. The van der Waals surface area contributed by atoms with E-state index in [1.165, 1.54) is 0 Å². The molecule has 1 N–H and O–H groups in total. The fourth-order valence-corrected chi connectivity index (χ4v) is 2.71. The number of azo groups is 1. The molecule has 0 radical (unpaired) electrons. The molecule has 0 aliphatic carbocycles. The summed E-state index contributed by atoms with van der Waals surface area (Å²) < 4.78 is 6.96. The van der Waals surface area contributed by atoms with Crippen LogP contribution in [0.1, 0.15) is 46.0 Å². The Kier molecular flexibility index (Phi) is 6.35. The van der Waals surface area contributed by atoms with Gasteiger partial charge < -0.3 is 14.4 Å². The zero-order valence-electron chi connectivity index (χ0n) is 14.6. The molecule has 1 amide bonds. The van der Waals surface area contributed by atoms with Crippen LogP contribution in [0.5, 0.6) is 11.6 Å². The molecule has 1 heterocycles. The van der Waals surface area contributed by atoms with E-state index in [0.29, 0.717) is 24.4 Å². The van der Waals surface area contributed by atoms with Gasteiger partial charge in [0.2, 0.25) is 5.88 Å². The van der Waals surface area contributed by atoms with Crippen LogP contribution in [0.25, 0.3) is 10.9 Å². The quantitative estimate of drug-likeness (QED) is 0.549. The van der Waals surface area contributed by atoms with Crippen molar-refractivity contribution >= 4 is 22.5 Å². The van der Waals surface area contributed by atoms with Crippen molar-refractivity contribution in [3.05, 3.63) is 18.2 Å². The monoisotopic (exact) mass is 331 g/mol. The molecule has 24 heavy (non-hydrogen) atoms. The number of unbranched alkanes of at least 4 members (excludes halogenated alkanes) is 3. The maximum absolute atomic E-state index is 11.9. The Morgan fingerprint density at radius 1 is 1.25 bits per heavy atom. The van der Waals surface area contributed by atoms with Crippen molar-refractivity contribution < 1.29 is 14.6 Å². The van der Waals surface area contributed by atoms with Crippen LogP contribution in [0.3, 0.4) is 0 Å². The third-order valence-corrected chi connectivity index (χ3v) is 4.04. The predicted octanol–water partition coefficient (Wildman–Crippen LogP) is 4.96. The second kappa shape index (κ2) is 8.47. The van der Waals surface area contributed by atoms with E-state index in [1.54, 1.807) is 17.7 Å². The summed E-state index contributed by atoms with van der Waals surface area (Å²) in [5.74, 6) is 0.423. The molecule has 0 aliphatic rings. The van der Waals surface area contributed by atoms with E-state index in [4.69, 9.17) is 4.74 Å². The molecule has 0 aliphatic heterocycles. The molecule has 2 rings (SSSR count). The molecule has 2 aromatic rings.